The highest BCUT2D eigenvalue weighted by Gasteiger charge is 2.16. The van der Waals surface area contributed by atoms with E-state index in [0.717, 1.165) is 0 Å². The van der Waals surface area contributed by atoms with Crippen LogP contribution in [-0.4, -0.2) is 23.2 Å². The molecule has 0 atom stereocenters. The largest absolute Gasteiger partial charge is 0.485 e. The van der Waals surface area contributed by atoms with Gasteiger partial charge in [-0.3, -0.25) is 0 Å². The summed E-state index contributed by atoms with van der Waals surface area (Å²) in [6, 6.07) is 3.18. The Morgan fingerprint density at radius 3 is 2.62 bits per heavy atom. The maximum absolute atomic E-state index is 11.4. The smallest absolute Gasteiger partial charge is 0.261 e. The second-order valence-electron chi connectivity index (χ2n) is 4.60. The summed E-state index contributed by atoms with van der Waals surface area (Å²) in [4.78, 5) is 4.22. The summed E-state index contributed by atoms with van der Waals surface area (Å²) in [7, 11) is 1.64. The first-order valence-corrected chi connectivity index (χ1v) is 8.69. The summed E-state index contributed by atoms with van der Waals surface area (Å²) in [5.41, 5.74) is 1.24. The second kappa shape index (κ2) is 6.03. The molecule has 0 aliphatic heterocycles. The van der Waals surface area contributed by atoms with Gasteiger partial charge in [-0.25, -0.2) is 18.1 Å². The minimum Gasteiger partial charge on any atom is -0.485 e. The van der Waals surface area contributed by atoms with Gasteiger partial charge in [0.05, 0.1) is 4.90 Å². The second-order valence-corrected chi connectivity index (χ2v) is 7.14. The van der Waals surface area contributed by atoms with E-state index in [0.29, 0.717) is 29.2 Å². The van der Waals surface area contributed by atoms with Crippen LogP contribution in [0.4, 0.5) is 0 Å². The van der Waals surface area contributed by atoms with Crippen LogP contribution in [0.3, 0.4) is 0 Å². The first kappa shape index (κ1) is 15.8. The molecule has 0 radical (unpaired) electrons. The Balaban J connectivity index is 2.24. The van der Waals surface area contributed by atoms with Crippen LogP contribution in [0, 0.1) is 13.8 Å². The third kappa shape index (κ3) is 3.54. The van der Waals surface area contributed by atoms with Gasteiger partial charge in [0.1, 0.15) is 18.7 Å². The summed E-state index contributed by atoms with van der Waals surface area (Å²) >= 11 is 0. The van der Waals surface area contributed by atoms with Gasteiger partial charge in [-0.15, -0.1) is 0 Å². The molecule has 6 nitrogen and oxygen atoms in total. The van der Waals surface area contributed by atoms with Crippen molar-refractivity contribution < 1.29 is 13.2 Å². The molecule has 0 amide bonds. The molecule has 1 aromatic heterocycles. The van der Waals surface area contributed by atoms with E-state index in [-0.39, 0.29) is 11.5 Å². The van der Waals surface area contributed by atoms with Crippen molar-refractivity contribution in [1.82, 2.24) is 14.8 Å². The highest BCUT2D eigenvalue weighted by molar-refractivity contribution is 8.13. The lowest BCUT2D eigenvalue weighted by Gasteiger charge is -2.12. The van der Waals surface area contributed by atoms with Crippen molar-refractivity contribution in [2.24, 2.45) is 0 Å². The zero-order valence-electron chi connectivity index (χ0n) is 12.0. The van der Waals surface area contributed by atoms with E-state index in [1.165, 1.54) is 12.4 Å². The standard InChI is InChI=1S/C13H16ClN3O3S/c1-4-17-13(15-8-16-17)7-20-11-5-10(3)12(6-9(11)2)21(14,18)19/h5-6,8H,4,7H2,1-3H3. The summed E-state index contributed by atoms with van der Waals surface area (Å²) in [5.74, 6) is 1.31. The van der Waals surface area contributed by atoms with E-state index in [4.69, 9.17) is 15.4 Å². The highest BCUT2D eigenvalue weighted by Crippen LogP contribution is 2.28. The van der Waals surface area contributed by atoms with Gasteiger partial charge in [-0.2, -0.15) is 5.10 Å². The average molecular weight is 330 g/mol. The van der Waals surface area contributed by atoms with Crippen molar-refractivity contribution >= 4 is 19.7 Å². The molecule has 0 N–H and O–H groups in total. The molecule has 0 spiro atoms. The third-order valence-electron chi connectivity index (χ3n) is 3.09. The van der Waals surface area contributed by atoms with Crippen LogP contribution in [0.1, 0.15) is 23.9 Å². The Hall–Kier alpha value is -1.60. The molecule has 0 bridgehead atoms. The van der Waals surface area contributed by atoms with Gasteiger partial charge >= 0.3 is 0 Å². The van der Waals surface area contributed by atoms with Gasteiger partial charge in [0.2, 0.25) is 0 Å². The SMILES string of the molecule is CCn1ncnc1COc1cc(C)c(S(=O)(=O)Cl)cc1C. The van der Waals surface area contributed by atoms with Crippen LogP contribution in [0.15, 0.2) is 23.4 Å². The molecule has 21 heavy (non-hydrogen) atoms. The van der Waals surface area contributed by atoms with E-state index >= 15 is 0 Å². The topological polar surface area (TPSA) is 74.1 Å². The van der Waals surface area contributed by atoms with Crippen molar-refractivity contribution in [3.63, 3.8) is 0 Å². The number of hydrogen-bond acceptors (Lipinski definition) is 5. The lowest BCUT2D eigenvalue weighted by molar-refractivity contribution is 0.285. The van der Waals surface area contributed by atoms with Crippen molar-refractivity contribution in [2.75, 3.05) is 0 Å². The van der Waals surface area contributed by atoms with Gasteiger partial charge in [-0.05, 0) is 44.0 Å². The van der Waals surface area contributed by atoms with Gasteiger partial charge < -0.3 is 4.74 Å². The summed E-state index contributed by atoms with van der Waals surface area (Å²) < 4.78 is 30.3. The Bertz CT molecular complexity index is 756. The van der Waals surface area contributed by atoms with Gasteiger partial charge in [-0.1, -0.05) is 0 Å². The van der Waals surface area contributed by atoms with E-state index in [9.17, 15) is 8.42 Å². The normalized spacial score (nSPS) is 11.6. The fraction of sp³-hybridized carbons (Fsp3) is 0.385. The number of ether oxygens (including phenoxy) is 1. The summed E-state index contributed by atoms with van der Waals surface area (Å²) in [5, 5.41) is 4.06. The van der Waals surface area contributed by atoms with Crippen LogP contribution < -0.4 is 4.74 Å². The Morgan fingerprint density at radius 2 is 2.00 bits per heavy atom. The number of benzene rings is 1. The van der Waals surface area contributed by atoms with Crippen LogP contribution in [0.25, 0.3) is 0 Å². The van der Waals surface area contributed by atoms with Crippen LogP contribution >= 0.6 is 10.7 Å². The molecule has 2 aromatic rings. The fourth-order valence-corrected chi connectivity index (χ4v) is 3.25. The van der Waals surface area contributed by atoms with Crippen molar-refractivity contribution in [2.45, 2.75) is 38.8 Å². The number of aryl methyl sites for hydroxylation is 3. The molecule has 2 rings (SSSR count). The zero-order valence-corrected chi connectivity index (χ0v) is 13.6. The first-order chi connectivity index (χ1) is 9.82. The van der Waals surface area contributed by atoms with Gasteiger partial charge in [0, 0.05) is 17.2 Å². The minimum atomic E-state index is -3.75. The number of hydrogen-bond donors (Lipinski definition) is 0. The molecule has 0 fully saturated rings. The molecule has 114 valence electrons. The van der Waals surface area contributed by atoms with Crippen LogP contribution in [-0.2, 0) is 22.2 Å². The fourth-order valence-electron chi connectivity index (χ4n) is 1.99. The maximum Gasteiger partial charge on any atom is 0.261 e. The number of aromatic nitrogens is 3. The zero-order chi connectivity index (χ0) is 15.6. The predicted molar refractivity (Wildman–Crippen MR) is 79.0 cm³/mol. The lowest BCUT2D eigenvalue weighted by atomic mass is 10.1. The molecule has 0 aliphatic rings. The van der Waals surface area contributed by atoms with Gasteiger partial charge in [0.15, 0.2) is 5.82 Å². The lowest BCUT2D eigenvalue weighted by Crippen LogP contribution is -2.08. The number of halogens is 1. The molecule has 0 saturated carbocycles. The van der Waals surface area contributed by atoms with Crippen LogP contribution in [0.2, 0.25) is 0 Å². The number of nitrogens with zero attached hydrogens (tertiary/aromatic N) is 3. The van der Waals surface area contributed by atoms with E-state index in [1.54, 1.807) is 24.6 Å². The average Bonchev–Trinajstić information content (AvgIpc) is 2.85. The molecule has 0 unspecified atom stereocenters. The Labute approximate surface area is 128 Å². The molecule has 1 heterocycles. The monoisotopic (exact) mass is 329 g/mol. The summed E-state index contributed by atoms with van der Waals surface area (Å²) in [6.45, 7) is 6.38. The number of rotatable bonds is 5. The quantitative estimate of drug-likeness (QED) is 0.787. The molecular weight excluding hydrogens is 314 g/mol. The third-order valence-corrected chi connectivity index (χ3v) is 4.55. The molecule has 1 aromatic carbocycles. The minimum absolute atomic E-state index is 0.103. The molecule has 0 saturated heterocycles. The summed E-state index contributed by atoms with van der Waals surface area (Å²) in [6.07, 6.45) is 1.48. The Morgan fingerprint density at radius 1 is 1.29 bits per heavy atom. The molecule has 8 heteroatoms. The highest BCUT2D eigenvalue weighted by atomic mass is 35.7. The van der Waals surface area contributed by atoms with Crippen molar-refractivity contribution in [3.05, 3.63) is 35.4 Å². The van der Waals surface area contributed by atoms with E-state index in [2.05, 4.69) is 10.1 Å². The molecular formula is C13H16ClN3O3S. The van der Waals surface area contributed by atoms with E-state index in [1.807, 2.05) is 6.92 Å². The molecule has 0 aliphatic carbocycles. The first-order valence-electron chi connectivity index (χ1n) is 6.38. The van der Waals surface area contributed by atoms with Gasteiger partial charge in [0.25, 0.3) is 9.05 Å². The van der Waals surface area contributed by atoms with Crippen LogP contribution in [0.5, 0.6) is 5.75 Å². The van der Waals surface area contributed by atoms with Crippen molar-refractivity contribution in [1.29, 1.82) is 0 Å². The van der Waals surface area contributed by atoms with Crippen molar-refractivity contribution in [3.8, 4) is 5.75 Å². The van der Waals surface area contributed by atoms with E-state index < -0.39 is 9.05 Å². The maximum atomic E-state index is 11.4. The predicted octanol–water partition coefficient (Wildman–Crippen LogP) is 2.42. The Kier molecular flexibility index (Phi) is 4.53.